The van der Waals surface area contributed by atoms with E-state index in [1.807, 2.05) is 0 Å². The average Bonchev–Trinajstić information content (AvgIpc) is 3.01. The zero-order valence-electron chi connectivity index (χ0n) is 12.8. The van der Waals surface area contributed by atoms with Gasteiger partial charge in [0, 0.05) is 18.2 Å². The monoisotopic (exact) mass is 334 g/mol. The van der Waals surface area contributed by atoms with Crippen LogP contribution < -0.4 is 14.8 Å². The zero-order valence-corrected chi connectivity index (χ0v) is 13.6. The van der Waals surface area contributed by atoms with Crippen LogP contribution in [0.25, 0.3) is 0 Å². The number of benzene rings is 1. The van der Waals surface area contributed by atoms with E-state index < -0.39 is 0 Å². The summed E-state index contributed by atoms with van der Waals surface area (Å²) in [5.74, 6) is 2.33. The van der Waals surface area contributed by atoms with Gasteiger partial charge in [-0.2, -0.15) is 0 Å². The number of amides is 1. The Hall–Kier alpha value is -2.22. The molecule has 8 heteroatoms. The molecule has 1 aromatic heterocycles. The van der Waals surface area contributed by atoms with Crippen LogP contribution in [0.2, 0.25) is 0 Å². The van der Waals surface area contributed by atoms with E-state index in [1.54, 1.807) is 18.2 Å². The van der Waals surface area contributed by atoms with E-state index in [2.05, 4.69) is 27.4 Å². The Bertz CT molecular complexity index is 689. The average molecular weight is 334 g/mol. The van der Waals surface area contributed by atoms with Gasteiger partial charge in [0.05, 0.1) is 5.75 Å². The van der Waals surface area contributed by atoms with Crippen LogP contribution in [0.15, 0.2) is 23.4 Å². The van der Waals surface area contributed by atoms with Crippen LogP contribution in [-0.4, -0.2) is 40.1 Å². The molecule has 0 radical (unpaired) electrons. The number of rotatable bonds is 6. The lowest BCUT2D eigenvalue weighted by Crippen LogP contribution is -2.17. The Morgan fingerprint density at radius 2 is 2.17 bits per heavy atom. The molecule has 0 atom stereocenters. The van der Waals surface area contributed by atoms with Crippen molar-refractivity contribution in [2.75, 3.05) is 24.3 Å². The number of H-pyrrole nitrogens is 1. The van der Waals surface area contributed by atoms with Gasteiger partial charge in [-0.1, -0.05) is 18.7 Å². The number of ether oxygens (including phenoxy) is 2. The highest BCUT2D eigenvalue weighted by Crippen LogP contribution is 2.32. The fraction of sp³-hybridized carbons (Fsp3) is 0.400. The summed E-state index contributed by atoms with van der Waals surface area (Å²) in [6.45, 7) is 3.15. The molecule has 23 heavy (non-hydrogen) atoms. The second-order valence-corrected chi connectivity index (χ2v) is 5.95. The minimum atomic E-state index is -0.117. The molecule has 0 bridgehead atoms. The molecule has 3 rings (SSSR count). The van der Waals surface area contributed by atoms with Gasteiger partial charge in [0.1, 0.15) is 19.0 Å². The summed E-state index contributed by atoms with van der Waals surface area (Å²) in [5.41, 5.74) is 0.682. The van der Waals surface area contributed by atoms with Crippen molar-refractivity contribution in [3.05, 3.63) is 24.0 Å². The molecule has 1 aliphatic rings. The van der Waals surface area contributed by atoms with Gasteiger partial charge in [0.15, 0.2) is 11.5 Å². The third-order valence-corrected chi connectivity index (χ3v) is 4.00. The van der Waals surface area contributed by atoms with Gasteiger partial charge < -0.3 is 14.8 Å². The maximum absolute atomic E-state index is 12.0. The minimum Gasteiger partial charge on any atom is -0.486 e. The molecule has 2 N–H and O–H groups in total. The molecule has 0 fully saturated rings. The molecular formula is C15H18N4O3S. The topological polar surface area (TPSA) is 89.1 Å². The van der Waals surface area contributed by atoms with Crippen LogP contribution in [0, 0.1) is 0 Å². The summed E-state index contributed by atoms with van der Waals surface area (Å²) in [6.07, 6.45) is 1.86. The summed E-state index contributed by atoms with van der Waals surface area (Å²) in [4.78, 5) is 16.3. The Labute approximate surface area is 138 Å². The number of fused-ring (bicyclic) bond motifs is 1. The first-order valence-electron chi connectivity index (χ1n) is 7.48. The van der Waals surface area contributed by atoms with Gasteiger partial charge in [0.25, 0.3) is 0 Å². The van der Waals surface area contributed by atoms with Crippen molar-refractivity contribution in [2.24, 2.45) is 0 Å². The molecule has 7 nitrogen and oxygen atoms in total. The predicted molar refractivity (Wildman–Crippen MR) is 87.2 cm³/mol. The molecule has 0 aliphatic carbocycles. The Morgan fingerprint density at radius 3 is 3.00 bits per heavy atom. The molecule has 0 unspecified atom stereocenters. The molecule has 1 aliphatic heterocycles. The number of thioether (sulfide) groups is 1. The highest BCUT2D eigenvalue weighted by atomic mass is 32.2. The van der Waals surface area contributed by atoms with Crippen LogP contribution in [-0.2, 0) is 11.2 Å². The first-order chi connectivity index (χ1) is 11.2. The first kappa shape index (κ1) is 15.7. The summed E-state index contributed by atoms with van der Waals surface area (Å²) in [7, 11) is 0. The predicted octanol–water partition coefficient (Wildman–Crippen LogP) is 2.26. The summed E-state index contributed by atoms with van der Waals surface area (Å²) < 4.78 is 10.9. The van der Waals surface area contributed by atoms with Crippen molar-refractivity contribution in [3.63, 3.8) is 0 Å². The molecule has 1 aromatic carbocycles. The molecule has 2 aromatic rings. The standard InChI is InChI=1S/C15H18N4O3S/c1-2-3-13-17-15(19-18-13)23-9-14(20)16-10-4-5-11-12(8-10)22-7-6-21-11/h4-5,8H,2-3,6-7,9H2,1H3,(H,16,20)(H,17,18,19). The molecule has 1 amide bonds. The van der Waals surface area contributed by atoms with Gasteiger partial charge in [-0.25, -0.2) is 4.98 Å². The van der Waals surface area contributed by atoms with E-state index in [-0.39, 0.29) is 11.7 Å². The smallest absolute Gasteiger partial charge is 0.234 e. The van der Waals surface area contributed by atoms with Crippen molar-refractivity contribution in [1.29, 1.82) is 0 Å². The zero-order chi connectivity index (χ0) is 16.1. The lowest BCUT2D eigenvalue weighted by molar-refractivity contribution is -0.113. The van der Waals surface area contributed by atoms with Crippen molar-refractivity contribution in [1.82, 2.24) is 15.2 Å². The second-order valence-electron chi connectivity index (χ2n) is 5.01. The van der Waals surface area contributed by atoms with Crippen LogP contribution >= 0.6 is 11.8 Å². The van der Waals surface area contributed by atoms with Gasteiger partial charge >= 0.3 is 0 Å². The van der Waals surface area contributed by atoms with Crippen LogP contribution in [0.4, 0.5) is 5.69 Å². The number of hydrogen-bond acceptors (Lipinski definition) is 6. The Morgan fingerprint density at radius 1 is 1.35 bits per heavy atom. The third-order valence-electron chi connectivity index (χ3n) is 3.16. The van der Waals surface area contributed by atoms with Gasteiger partial charge in [-0.15, -0.1) is 5.10 Å². The number of carbonyl (C=O) groups excluding carboxylic acids is 1. The highest BCUT2D eigenvalue weighted by Gasteiger charge is 2.13. The Kier molecular flexibility index (Phi) is 5.02. The fourth-order valence-corrected chi connectivity index (χ4v) is 2.76. The summed E-state index contributed by atoms with van der Waals surface area (Å²) >= 11 is 1.30. The number of aryl methyl sites for hydroxylation is 1. The lowest BCUT2D eigenvalue weighted by atomic mass is 10.2. The van der Waals surface area contributed by atoms with E-state index in [1.165, 1.54) is 11.8 Å². The maximum atomic E-state index is 12.0. The first-order valence-corrected chi connectivity index (χ1v) is 8.46. The third kappa shape index (κ3) is 4.16. The molecule has 122 valence electrons. The van der Waals surface area contributed by atoms with Gasteiger partial charge in [-0.05, 0) is 18.6 Å². The summed E-state index contributed by atoms with van der Waals surface area (Å²) in [6, 6.07) is 5.36. The number of aromatic amines is 1. The van der Waals surface area contributed by atoms with Crippen molar-refractivity contribution in [3.8, 4) is 11.5 Å². The van der Waals surface area contributed by atoms with Gasteiger partial charge in [0.2, 0.25) is 11.1 Å². The molecular weight excluding hydrogens is 316 g/mol. The van der Waals surface area contributed by atoms with Crippen LogP contribution in [0.1, 0.15) is 19.2 Å². The maximum Gasteiger partial charge on any atom is 0.234 e. The molecule has 0 saturated carbocycles. The summed E-state index contributed by atoms with van der Waals surface area (Å²) in [5, 5.41) is 10.4. The number of nitrogens with zero attached hydrogens (tertiary/aromatic N) is 2. The van der Waals surface area contributed by atoms with Crippen molar-refractivity contribution >= 4 is 23.4 Å². The number of aromatic nitrogens is 3. The van der Waals surface area contributed by atoms with E-state index in [0.29, 0.717) is 35.6 Å². The lowest BCUT2D eigenvalue weighted by Gasteiger charge is -2.18. The second kappa shape index (κ2) is 7.36. The molecule has 2 heterocycles. The molecule has 0 spiro atoms. The highest BCUT2D eigenvalue weighted by molar-refractivity contribution is 7.99. The minimum absolute atomic E-state index is 0.117. The molecule has 0 saturated heterocycles. The fourth-order valence-electron chi connectivity index (χ4n) is 2.14. The van der Waals surface area contributed by atoms with Crippen molar-refractivity contribution < 1.29 is 14.3 Å². The number of hydrogen-bond donors (Lipinski definition) is 2. The van der Waals surface area contributed by atoms with Crippen LogP contribution in [0.3, 0.4) is 0 Å². The quantitative estimate of drug-likeness (QED) is 0.788. The number of anilines is 1. The van der Waals surface area contributed by atoms with Crippen molar-refractivity contribution in [2.45, 2.75) is 24.9 Å². The number of carbonyl (C=O) groups is 1. The SMILES string of the molecule is CCCc1nc(SCC(=O)Nc2ccc3c(c2)OCCO3)n[nH]1. The normalized spacial score (nSPS) is 12.9. The Balaban J connectivity index is 1.52. The largest absolute Gasteiger partial charge is 0.486 e. The van der Waals surface area contributed by atoms with Crippen LogP contribution in [0.5, 0.6) is 11.5 Å². The number of nitrogens with one attached hydrogen (secondary N) is 2. The van der Waals surface area contributed by atoms with E-state index in [9.17, 15) is 4.79 Å². The van der Waals surface area contributed by atoms with E-state index in [0.717, 1.165) is 18.7 Å². The van der Waals surface area contributed by atoms with Gasteiger partial charge in [-0.3, -0.25) is 9.89 Å². The van der Waals surface area contributed by atoms with E-state index >= 15 is 0 Å². The van der Waals surface area contributed by atoms with E-state index in [4.69, 9.17) is 9.47 Å².